The molecule has 5 nitrogen and oxygen atoms in total. The van der Waals surface area contributed by atoms with Gasteiger partial charge in [-0.25, -0.2) is 4.98 Å². The van der Waals surface area contributed by atoms with Crippen LogP contribution in [0.3, 0.4) is 0 Å². The smallest absolute Gasteiger partial charge is 0.223 e. The van der Waals surface area contributed by atoms with Gasteiger partial charge in [0.05, 0.1) is 12.0 Å². The molecule has 3 aliphatic rings. The number of carbonyl (C=O) groups excluding carboxylic acids is 1. The Morgan fingerprint density at radius 1 is 1.08 bits per heavy atom. The molecule has 1 unspecified atom stereocenters. The van der Waals surface area contributed by atoms with Crippen LogP contribution in [0.2, 0.25) is 0 Å². The predicted molar refractivity (Wildman–Crippen MR) is 103 cm³/mol. The quantitative estimate of drug-likeness (QED) is 0.780. The van der Waals surface area contributed by atoms with E-state index in [-0.39, 0.29) is 0 Å². The van der Waals surface area contributed by atoms with Crippen molar-refractivity contribution in [2.45, 2.75) is 82.8 Å². The maximum Gasteiger partial charge on any atom is 0.223 e. The summed E-state index contributed by atoms with van der Waals surface area (Å²) in [6, 6.07) is 1.17. The summed E-state index contributed by atoms with van der Waals surface area (Å²) in [7, 11) is 2.20. The van der Waals surface area contributed by atoms with Gasteiger partial charge in [-0.05, 0) is 38.6 Å². The van der Waals surface area contributed by atoms with Crippen molar-refractivity contribution in [3.05, 3.63) is 18.2 Å². The van der Waals surface area contributed by atoms with Crippen LogP contribution in [-0.2, 0) is 11.3 Å². The molecule has 3 fully saturated rings. The zero-order valence-electron chi connectivity index (χ0n) is 16.3. The highest BCUT2D eigenvalue weighted by molar-refractivity contribution is 5.79. The van der Waals surface area contributed by atoms with Gasteiger partial charge in [0.2, 0.25) is 5.91 Å². The van der Waals surface area contributed by atoms with Crippen molar-refractivity contribution < 1.29 is 4.79 Å². The third-order valence-corrected chi connectivity index (χ3v) is 6.72. The van der Waals surface area contributed by atoms with Gasteiger partial charge >= 0.3 is 0 Å². The Morgan fingerprint density at radius 3 is 2.54 bits per heavy atom. The van der Waals surface area contributed by atoms with Crippen LogP contribution in [-0.4, -0.2) is 51.4 Å². The van der Waals surface area contributed by atoms with Crippen molar-refractivity contribution in [1.29, 1.82) is 0 Å². The van der Waals surface area contributed by atoms with Crippen molar-refractivity contribution in [3.63, 3.8) is 0 Å². The number of hydrogen-bond donors (Lipinski definition) is 0. The molecule has 1 aromatic heterocycles. The normalized spacial score (nSPS) is 25.7. The third-order valence-electron chi connectivity index (χ3n) is 6.72. The highest BCUT2D eigenvalue weighted by atomic mass is 16.2. The number of likely N-dealkylation sites (tertiary alicyclic amines) is 1. The number of hydrogen-bond acceptors (Lipinski definition) is 3. The van der Waals surface area contributed by atoms with E-state index in [0.717, 1.165) is 26.1 Å². The fourth-order valence-corrected chi connectivity index (χ4v) is 5.42. The van der Waals surface area contributed by atoms with Crippen LogP contribution in [0, 0.1) is 5.92 Å². The van der Waals surface area contributed by atoms with E-state index in [4.69, 9.17) is 0 Å². The van der Waals surface area contributed by atoms with Crippen LogP contribution in [0.5, 0.6) is 0 Å². The van der Waals surface area contributed by atoms with E-state index in [1.807, 2.05) is 12.5 Å². The molecule has 0 radical (unpaired) electrons. The summed E-state index contributed by atoms with van der Waals surface area (Å²) in [6.07, 6.45) is 16.5. The second-order valence-electron chi connectivity index (χ2n) is 8.84. The molecular weight excluding hydrogens is 324 g/mol. The Hall–Kier alpha value is -1.36. The molecule has 1 aromatic rings. The zero-order valence-corrected chi connectivity index (χ0v) is 16.3. The molecular formula is C21H34N4O. The lowest BCUT2D eigenvalue weighted by Gasteiger charge is -2.27. The van der Waals surface area contributed by atoms with Gasteiger partial charge < -0.3 is 14.4 Å². The summed E-state index contributed by atoms with van der Waals surface area (Å²) in [4.78, 5) is 21.4. The largest absolute Gasteiger partial charge is 0.339 e. The number of aromatic nitrogens is 2. The van der Waals surface area contributed by atoms with Gasteiger partial charge in [0.25, 0.3) is 0 Å². The molecule has 0 N–H and O–H groups in total. The lowest BCUT2D eigenvalue weighted by atomic mass is 9.95. The third kappa shape index (κ3) is 3.98. The predicted octanol–water partition coefficient (Wildman–Crippen LogP) is 3.61. The van der Waals surface area contributed by atoms with Crippen LogP contribution >= 0.6 is 0 Å². The summed E-state index contributed by atoms with van der Waals surface area (Å²) >= 11 is 0. The van der Waals surface area contributed by atoms with Crippen molar-refractivity contribution in [1.82, 2.24) is 19.4 Å². The Bertz CT molecular complexity index is 601. The van der Waals surface area contributed by atoms with Crippen LogP contribution in [0.4, 0.5) is 0 Å². The molecule has 2 saturated carbocycles. The van der Waals surface area contributed by atoms with E-state index < -0.39 is 0 Å². The van der Waals surface area contributed by atoms with Crippen molar-refractivity contribution in [2.75, 3.05) is 20.1 Å². The highest BCUT2D eigenvalue weighted by Gasteiger charge is 2.35. The van der Waals surface area contributed by atoms with Gasteiger partial charge in [0.1, 0.15) is 0 Å². The first-order chi connectivity index (χ1) is 12.7. The first-order valence-corrected chi connectivity index (χ1v) is 10.7. The van der Waals surface area contributed by atoms with E-state index in [0.29, 0.717) is 23.9 Å². The average molecular weight is 359 g/mol. The number of rotatable bonds is 6. The molecule has 0 spiro atoms. The molecule has 5 heteroatoms. The molecule has 0 bridgehead atoms. The Morgan fingerprint density at radius 2 is 1.77 bits per heavy atom. The lowest BCUT2D eigenvalue weighted by molar-refractivity contribution is -0.129. The van der Waals surface area contributed by atoms with Crippen LogP contribution in [0.1, 0.15) is 75.9 Å². The summed E-state index contributed by atoms with van der Waals surface area (Å²) in [5.74, 6) is 0.877. The summed E-state index contributed by atoms with van der Waals surface area (Å²) in [6.45, 7) is 2.91. The molecule has 0 aromatic carbocycles. The Kier molecular flexibility index (Phi) is 5.63. The minimum atomic E-state index is 0.391. The lowest BCUT2D eigenvalue weighted by Crippen LogP contribution is -2.35. The van der Waals surface area contributed by atoms with Gasteiger partial charge in [0.15, 0.2) is 0 Å². The van der Waals surface area contributed by atoms with E-state index in [1.54, 1.807) is 0 Å². The molecule has 1 atom stereocenters. The maximum absolute atomic E-state index is 12.4. The molecule has 2 heterocycles. The number of imidazole rings is 1. The first-order valence-electron chi connectivity index (χ1n) is 10.7. The molecule has 2 aliphatic carbocycles. The molecule has 4 rings (SSSR count). The summed E-state index contributed by atoms with van der Waals surface area (Å²) < 4.78 is 2.42. The Balaban J connectivity index is 1.31. The standard InChI is InChI=1S/C21H34N4O/c1-23(13-17-11-21(26)24(14-17)18-9-5-6-10-18)15-20-12-22-16-25(20)19-7-3-2-4-8-19/h12,16-19H,2-11,13-15H2,1H3. The minimum Gasteiger partial charge on any atom is -0.339 e. The van der Waals surface area contributed by atoms with Gasteiger partial charge in [-0.2, -0.15) is 0 Å². The molecule has 1 amide bonds. The number of carbonyl (C=O) groups is 1. The fraction of sp³-hybridized carbons (Fsp3) is 0.810. The van der Waals surface area contributed by atoms with Crippen LogP contribution in [0.15, 0.2) is 12.5 Å². The highest BCUT2D eigenvalue weighted by Crippen LogP contribution is 2.31. The van der Waals surface area contributed by atoms with Gasteiger partial charge in [-0.1, -0.05) is 32.1 Å². The number of amides is 1. The molecule has 26 heavy (non-hydrogen) atoms. The van der Waals surface area contributed by atoms with Gasteiger partial charge in [-0.15, -0.1) is 0 Å². The van der Waals surface area contributed by atoms with Crippen LogP contribution < -0.4 is 0 Å². The monoisotopic (exact) mass is 358 g/mol. The SMILES string of the molecule is CN(Cc1cncn1C1CCCCC1)CC1CC(=O)N(C2CCCC2)C1. The van der Waals surface area contributed by atoms with Crippen molar-refractivity contribution >= 4 is 5.91 Å². The Labute approximate surface area is 157 Å². The van der Waals surface area contributed by atoms with E-state index in [9.17, 15) is 4.79 Å². The van der Waals surface area contributed by atoms with E-state index in [1.165, 1.54) is 63.5 Å². The zero-order chi connectivity index (χ0) is 17.9. The second-order valence-corrected chi connectivity index (χ2v) is 8.84. The fourth-order valence-electron chi connectivity index (χ4n) is 5.42. The van der Waals surface area contributed by atoms with Crippen LogP contribution in [0.25, 0.3) is 0 Å². The van der Waals surface area contributed by atoms with Crippen molar-refractivity contribution in [2.24, 2.45) is 5.92 Å². The maximum atomic E-state index is 12.4. The number of nitrogens with zero attached hydrogens (tertiary/aromatic N) is 4. The average Bonchev–Trinajstić information content (AvgIpc) is 3.37. The summed E-state index contributed by atoms with van der Waals surface area (Å²) in [5, 5.41) is 0. The topological polar surface area (TPSA) is 41.4 Å². The van der Waals surface area contributed by atoms with Gasteiger partial charge in [0, 0.05) is 44.3 Å². The molecule has 1 saturated heterocycles. The molecule has 1 aliphatic heterocycles. The second kappa shape index (κ2) is 8.12. The van der Waals surface area contributed by atoms with Crippen molar-refractivity contribution in [3.8, 4) is 0 Å². The first kappa shape index (κ1) is 18.0. The minimum absolute atomic E-state index is 0.391. The van der Waals surface area contributed by atoms with E-state index >= 15 is 0 Å². The molecule has 144 valence electrons. The van der Waals surface area contributed by atoms with E-state index in [2.05, 4.69) is 26.4 Å². The summed E-state index contributed by atoms with van der Waals surface area (Å²) in [5.41, 5.74) is 1.33. The van der Waals surface area contributed by atoms with Gasteiger partial charge in [-0.3, -0.25) is 4.79 Å².